The highest BCUT2D eigenvalue weighted by Gasteiger charge is 2.72. The Morgan fingerprint density at radius 2 is 2.12 bits per heavy atom. The van der Waals surface area contributed by atoms with Gasteiger partial charge < -0.3 is 9.47 Å². The fourth-order valence-electron chi connectivity index (χ4n) is 1.68. The Kier molecular flexibility index (Phi) is 2.47. The second-order valence-corrected chi connectivity index (χ2v) is 5.16. The molecule has 2 rings (SSSR count). The Morgan fingerprint density at radius 3 is 2.62 bits per heavy atom. The van der Waals surface area contributed by atoms with Crippen LogP contribution >= 0.6 is 0 Å². The van der Waals surface area contributed by atoms with Crippen molar-refractivity contribution in [2.45, 2.75) is 50.5 Å². The quantitative estimate of drug-likeness (QED) is 0.680. The molecule has 0 aromatic carbocycles. The van der Waals surface area contributed by atoms with E-state index in [9.17, 15) is 13.6 Å². The molecule has 16 heavy (non-hydrogen) atoms. The first-order chi connectivity index (χ1) is 7.22. The number of alkyl halides is 2. The first-order valence-corrected chi connectivity index (χ1v) is 5.20. The van der Waals surface area contributed by atoms with Crippen molar-refractivity contribution in [2.75, 3.05) is 6.61 Å². The number of halogens is 2. The molecule has 0 aromatic rings. The van der Waals surface area contributed by atoms with Gasteiger partial charge in [-0.15, -0.1) is 0 Å². The van der Waals surface area contributed by atoms with Crippen LogP contribution in [0.5, 0.6) is 0 Å². The first kappa shape index (κ1) is 11.7. The number of morpholine rings is 1. The summed E-state index contributed by atoms with van der Waals surface area (Å²) < 4.78 is 35.9. The maximum absolute atomic E-state index is 12.9. The monoisotopic (exact) mass is 235 g/mol. The molecule has 1 saturated heterocycles. The van der Waals surface area contributed by atoms with Crippen LogP contribution in [0.4, 0.5) is 8.78 Å². The first-order valence-electron chi connectivity index (χ1n) is 5.20. The van der Waals surface area contributed by atoms with Gasteiger partial charge in [-0.2, -0.15) is 0 Å². The van der Waals surface area contributed by atoms with Crippen molar-refractivity contribution in [3.63, 3.8) is 0 Å². The van der Waals surface area contributed by atoms with Crippen LogP contribution in [0.3, 0.4) is 0 Å². The molecule has 2 aliphatic rings. The number of rotatable bonds is 1. The summed E-state index contributed by atoms with van der Waals surface area (Å²) in [7, 11) is 0. The van der Waals surface area contributed by atoms with Gasteiger partial charge in [0.25, 0.3) is 5.92 Å². The average Bonchev–Trinajstić information content (AvgIpc) is 2.66. The Bertz CT molecular complexity index is 314. The van der Waals surface area contributed by atoms with Crippen LogP contribution in [0.2, 0.25) is 0 Å². The number of hydrogen-bond donors (Lipinski definition) is 1. The SMILES string of the molecule is CC(C)(C)OC(=O)C1COC2C(N1)C2(F)F. The van der Waals surface area contributed by atoms with Crippen LogP contribution < -0.4 is 5.32 Å². The topological polar surface area (TPSA) is 47.6 Å². The number of carbonyl (C=O) groups is 1. The molecule has 92 valence electrons. The highest BCUT2D eigenvalue weighted by molar-refractivity contribution is 5.76. The van der Waals surface area contributed by atoms with Gasteiger partial charge >= 0.3 is 5.97 Å². The largest absolute Gasteiger partial charge is 0.459 e. The molecule has 1 heterocycles. The number of nitrogens with one attached hydrogen (secondary N) is 1. The van der Waals surface area contributed by atoms with E-state index in [1.54, 1.807) is 20.8 Å². The smallest absolute Gasteiger partial charge is 0.326 e. The molecule has 0 amide bonds. The molecular weight excluding hydrogens is 220 g/mol. The Morgan fingerprint density at radius 1 is 1.50 bits per heavy atom. The van der Waals surface area contributed by atoms with Gasteiger partial charge in [-0.3, -0.25) is 10.1 Å². The van der Waals surface area contributed by atoms with E-state index in [1.807, 2.05) is 0 Å². The summed E-state index contributed by atoms with van der Waals surface area (Å²) in [5.41, 5.74) is -0.623. The maximum Gasteiger partial charge on any atom is 0.326 e. The van der Waals surface area contributed by atoms with Crippen LogP contribution in [0.15, 0.2) is 0 Å². The van der Waals surface area contributed by atoms with Gasteiger partial charge in [0.05, 0.1) is 6.61 Å². The van der Waals surface area contributed by atoms with Crippen molar-refractivity contribution in [3.8, 4) is 0 Å². The lowest BCUT2D eigenvalue weighted by molar-refractivity contribution is -0.160. The van der Waals surface area contributed by atoms with Gasteiger partial charge in [-0.1, -0.05) is 0 Å². The summed E-state index contributed by atoms with van der Waals surface area (Å²) >= 11 is 0. The second-order valence-electron chi connectivity index (χ2n) is 5.16. The van der Waals surface area contributed by atoms with Crippen LogP contribution in [-0.4, -0.2) is 42.3 Å². The van der Waals surface area contributed by atoms with Gasteiger partial charge in [-0.25, -0.2) is 8.78 Å². The van der Waals surface area contributed by atoms with Crippen LogP contribution in [0, 0.1) is 0 Å². The minimum absolute atomic E-state index is 0.0638. The summed E-state index contributed by atoms with van der Waals surface area (Å²) in [6, 6.07) is -1.84. The Hall–Kier alpha value is -0.750. The van der Waals surface area contributed by atoms with E-state index in [0.717, 1.165) is 0 Å². The molecule has 0 radical (unpaired) electrons. The molecule has 1 aliphatic carbocycles. The van der Waals surface area contributed by atoms with Gasteiger partial charge in [-0.05, 0) is 20.8 Å². The summed E-state index contributed by atoms with van der Waals surface area (Å²) in [6.07, 6.45) is -1.08. The van der Waals surface area contributed by atoms with Crippen molar-refractivity contribution < 1.29 is 23.0 Å². The van der Waals surface area contributed by atoms with E-state index < -0.39 is 35.7 Å². The zero-order valence-electron chi connectivity index (χ0n) is 9.42. The van der Waals surface area contributed by atoms with Crippen LogP contribution in [0.25, 0.3) is 0 Å². The minimum atomic E-state index is -2.85. The van der Waals surface area contributed by atoms with Gasteiger partial charge in [0.15, 0.2) is 0 Å². The van der Waals surface area contributed by atoms with Crippen molar-refractivity contribution >= 4 is 5.97 Å². The maximum atomic E-state index is 12.9. The normalized spacial score (nSPS) is 36.4. The summed E-state index contributed by atoms with van der Waals surface area (Å²) in [4.78, 5) is 11.6. The molecule has 1 N–H and O–H groups in total. The van der Waals surface area contributed by atoms with Crippen molar-refractivity contribution in [2.24, 2.45) is 0 Å². The van der Waals surface area contributed by atoms with Crippen molar-refractivity contribution in [1.82, 2.24) is 5.32 Å². The zero-order chi connectivity index (χ0) is 12.1. The van der Waals surface area contributed by atoms with E-state index >= 15 is 0 Å². The molecular formula is C10H15F2NO3. The zero-order valence-corrected chi connectivity index (χ0v) is 9.42. The lowest BCUT2D eigenvalue weighted by atomic mass is 10.2. The van der Waals surface area contributed by atoms with E-state index in [4.69, 9.17) is 9.47 Å². The lowest BCUT2D eigenvalue weighted by Gasteiger charge is -2.26. The molecule has 3 atom stereocenters. The van der Waals surface area contributed by atoms with Gasteiger partial charge in [0, 0.05) is 0 Å². The third kappa shape index (κ3) is 2.04. The van der Waals surface area contributed by atoms with E-state index in [0.29, 0.717) is 0 Å². The molecule has 0 bridgehead atoms. The fraction of sp³-hybridized carbons (Fsp3) is 0.900. The lowest BCUT2D eigenvalue weighted by Crippen LogP contribution is -2.49. The van der Waals surface area contributed by atoms with E-state index in [-0.39, 0.29) is 6.61 Å². The predicted octanol–water partition coefficient (Wildman–Crippen LogP) is 0.703. The number of carbonyl (C=O) groups excluding carboxylic acids is 1. The number of esters is 1. The minimum Gasteiger partial charge on any atom is -0.459 e. The Balaban J connectivity index is 1.91. The number of hydrogen-bond acceptors (Lipinski definition) is 4. The highest BCUT2D eigenvalue weighted by Crippen LogP contribution is 2.46. The van der Waals surface area contributed by atoms with Crippen LogP contribution in [-0.2, 0) is 14.3 Å². The molecule has 3 unspecified atom stereocenters. The molecule has 1 saturated carbocycles. The summed E-state index contributed by atoms with van der Waals surface area (Å²) in [6.45, 7) is 5.11. The molecule has 0 aromatic heterocycles. The van der Waals surface area contributed by atoms with Crippen LogP contribution in [0.1, 0.15) is 20.8 Å². The summed E-state index contributed by atoms with van der Waals surface area (Å²) in [5.74, 6) is -3.40. The fourth-order valence-corrected chi connectivity index (χ4v) is 1.68. The third-order valence-electron chi connectivity index (χ3n) is 2.50. The predicted molar refractivity (Wildman–Crippen MR) is 51.2 cm³/mol. The van der Waals surface area contributed by atoms with Crippen molar-refractivity contribution in [3.05, 3.63) is 0 Å². The highest BCUT2D eigenvalue weighted by atomic mass is 19.3. The van der Waals surface area contributed by atoms with Crippen molar-refractivity contribution in [1.29, 1.82) is 0 Å². The average molecular weight is 235 g/mol. The van der Waals surface area contributed by atoms with E-state index in [2.05, 4.69) is 5.32 Å². The number of ether oxygens (including phenoxy) is 2. The second kappa shape index (κ2) is 3.37. The Labute approximate surface area is 92.3 Å². The molecule has 6 heteroatoms. The standard InChI is InChI=1S/C10H15F2NO3/c1-9(2,3)16-8(14)5-4-15-7-6(13-5)10(7,11)12/h5-7,13H,4H2,1-3H3. The summed E-state index contributed by atoms with van der Waals surface area (Å²) in [5, 5.41) is 2.55. The molecule has 2 fully saturated rings. The van der Waals surface area contributed by atoms with E-state index in [1.165, 1.54) is 0 Å². The molecule has 0 spiro atoms. The third-order valence-corrected chi connectivity index (χ3v) is 2.50. The number of fused-ring (bicyclic) bond motifs is 1. The van der Waals surface area contributed by atoms with Gasteiger partial charge in [0.1, 0.15) is 23.8 Å². The molecule has 4 nitrogen and oxygen atoms in total. The molecule has 1 aliphatic heterocycles. The van der Waals surface area contributed by atoms with Gasteiger partial charge in [0.2, 0.25) is 0 Å².